The van der Waals surface area contributed by atoms with Crippen LogP contribution in [-0.2, 0) is 91.3 Å². The van der Waals surface area contributed by atoms with Gasteiger partial charge in [0.05, 0.1) is 55.5 Å². The van der Waals surface area contributed by atoms with E-state index >= 15 is 4.39 Å². The van der Waals surface area contributed by atoms with Crippen LogP contribution in [0.25, 0.3) is 11.1 Å². The zero-order valence-corrected chi connectivity index (χ0v) is 64.3. The van der Waals surface area contributed by atoms with Crippen LogP contribution in [0.4, 0.5) is 4.39 Å². The summed E-state index contributed by atoms with van der Waals surface area (Å²) >= 11 is 0. The number of nitrogens with two attached hydrogens (primary N) is 2. The number of carbonyl (C=O) groups excluding carboxylic acids is 10. The number of carbonyl (C=O) groups is 11. The van der Waals surface area contributed by atoms with Crippen molar-refractivity contribution in [1.29, 1.82) is 0 Å². The van der Waals surface area contributed by atoms with Crippen LogP contribution in [0.2, 0.25) is 0 Å². The molecule has 0 aliphatic carbocycles. The van der Waals surface area contributed by atoms with Crippen molar-refractivity contribution in [3.8, 4) is 16.9 Å². The maximum atomic E-state index is 15.6. The predicted octanol–water partition coefficient (Wildman–Crippen LogP) is 1.18. The largest absolute Gasteiger partial charge is 0.494 e. The topological polar surface area (TPSA) is 501 Å². The summed E-state index contributed by atoms with van der Waals surface area (Å²) in [6.07, 6.45) is 0.210. The van der Waals surface area contributed by atoms with Crippen molar-refractivity contribution >= 4 is 78.3 Å². The summed E-state index contributed by atoms with van der Waals surface area (Å²) in [5.74, 6) is -11.9. The van der Waals surface area contributed by atoms with E-state index in [0.29, 0.717) is 76.2 Å². The van der Waals surface area contributed by atoms with Gasteiger partial charge in [0.25, 0.3) is 0 Å². The Bertz CT molecular complexity index is 4100. The molecule has 6 aromatic rings. The van der Waals surface area contributed by atoms with Crippen LogP contribution in [0.1, 0.15) is 130 Å². The monoisotopic (exact) mass is 1560 g/mol. The number of unbranched alkanes of at least 4 members (excludes halogenated alkanes) is 1. The molecule has 0 spiro atoms. The lowest BCUT2D eigenvalue weighted by atomic mass is 9.76. The summed E-state index contributed by atoms with van der Waals surface area (Å²) in [6.45, 7) is 10.9. The summed E-state index contributed by atoms with van der Waals surface area (Å²) < 4.78 is 21.5. The smallest absolute Gasteiger partial charge is 0.305 e. The van der Waals surface area contributed by atoms with Crippen LogP contribution in [0.3, 0.4) is 0 Å². The number of hydrogen-bond acceptors (Lipinski definition) is 21. The number of ketones is 2. The number of aryl methyl sites for hydroxylation is 4. The Hall–Kier alpha value is -10.4. The number of likely N-dealkylation sites (tertiary alicyclic amines) is 1. The third-order valence-electron chi connectivity index (χ3n) is 19.2. The van der Waals surface area contributed by atoms with E-state index in [1.807, 2.05) is 69.3 Å². The quantitative estimate of drug-likeness (QED) is 0.0239. The number of imidazole rings is 1. The molecular weight excluding hydrogens is 1460 g/mol. The fourth-order valence-corrected chi connectivity index (χ4v) is 13.2. The molecule has 8 amide bonds. The van der Waals surface area contributed by atoms with Gasteiger partial charge in [-0.1, -0.05) is 96.9 Å². The Morgan fingerprint density at radius 3 is 2.04 bits per heavy atom. The van der Waals surface area contributed by atoms with E-state index in [-0.39, 0.29) is 44.1 Å². The maximum absolute atomic E-state index is 15.6. The molecule has 32 nitrogen and oxygen atoms in total. The van der Waals surface area contributed by atoms with Gasteiger partial charge in [-0.25, -0.2) is 9.37 Å². The van der Waals surface area contributed by atoms with Crippen molar-refractivity contribution in [2.24, 2.45) is 22.8 Å². The van der Waals surface area contributed by atoms with Crippen LogP contribution in [-0.4, -0.2) is 215 Å². The van der Waals surface area contributed by atoms with Gasteiger partial charge in [0.2, 0.25) is 47.3 Å². The molecule has 111 heavy (non-hydrogen) atoms. The minimum atomic E-state index is -2.10. The number of carboxylic acid groups (broad SMARTS) is 1. The minimum Gasteiger partial charge on any atom is -0.494 e. The Labute approximate surface area is 650 Å². The molecule has 34 heteroatoms. The normalized spacial score (nSPS) is 15.7. The minimum absolute atomic E-state index is 0. The lowest BCUT2D eigenvalue weighted by molar-refractivity contribution is -0.142. The third-order valence-corrected chi connectivity index (χ3v) is 19.2. The second-order valence-corrected chi connectivity index (χ2v) is 28.4. The van der Waals surface area contributed by atoms with Crippen LogP contribution < -0.4 is 53.4 Å². The molecule has 0 radical (unpaired) electrons. The predicted molar refractivity (Wildman–Crippen MR) is 410 cm³/mol. The number of aromatic amines is 2. The van der Waals surface area contributed by atoms with E-state index in [2.05, 4.69) is 72.7 Å². The first-order valence-electron chi connectivity index (χ1n) is 36.9. The molecular formula is C77H105FN16O16S. The molecule has 2 aromatic heterocycles. The number of tetrazole rings is 1. The first-order chi connectivity index (χ1) is 52.5. The first kappa shape index (κ1) is 89.5. The summed E-state index contributed by atoms with van der Waals surface area (Å²) in [4.78, 5) is 163. The summed E-state index contributed by atoms with van der Waals surface area (Å²) in [7, 11) is 0. The number of halogens is 1. The highest BCUT2D eigenvalue weighted by molar-refractivity contribution is 7.59. The van der Waals surface area contributed by atoms with Gasteiger partial charge in [0, 0.05) is 63.5 Å². The van der Waals surface area contributed by atoms with Gasteiger partial charge in [-0.2, -0.15) is 18.7 Å². The third kappa shape index (κ3) is 27.8. The molecule has 7 rings (SSSR count). The number of H-pyrrole nitrogens is 2. The number of hydrogen-bond donors (Lipinski definition) is 15. The number of aliphatic hydroxyl groups excluding tert-OH is 3. The van der Waals surface area contributed by atoms with E-state index in [0.717, 1.165) is 64.9 Å². The standard InChI is InChI=1S/C77H103FN16O16.H2S/c1-7-50-35-55(110-30-11-10-27-79)21-22-56(50)51-19-17-48(18-20-51)34-60(72(105)83-58(70(80)103)16-12-13-49-32-44(2)31-45(3)33-49)85-73(106)61(37-67(101)102)86-74(107)62(42-95)87-75(108)69(47(5)97)89-76(109)77(6,38-52-14-8-9-15-57(52)78)39-64(99)68(46(4)96)88-66(100)24-23-63(98)59(36-65-90-92-93-91-65)84-71(104)53-25-28-94(41-53)29-26-54-40-81-43-82-54;/h8-9,14-15,17-22,31-33,35,40,43,46-47,53,58-62,68-69,95-97H,7,10-13,16,23-30,34,36-39,41-42,79H2,1-6H3,(H2,80,103)(H,81,82)(H,83,105)(H,84,104)(H,85,106)(H,86,107)(H,87,108)(H,88,100)(H,89,109)(H,101,102)(H,90,91,92,93);1H2/t46-,47-,53+,58+,59+,60+,61+,62+,68+,69+,77-;/m1./s1. The number of aliphatic carboxylic acids is 1. The van der Waals surface area contributed by atoms with Crippen molar-refractivity contribution in [2.45, 2.75) is 192 Å². The Balaban J connectivity index is 0.0000192. The van der Waals surface area contributed by atoms with Crippen LogP contribution >= 0.6 is 13.5 Å². The molecule has 3 heterocycles. The zero-order chi connectivity index (χ0) is 80.2. The van der Waals surface area contributed by atoms with Gasteiger partial charge >= 0.3 is 5.97 Å². The summed E-state index contributed by atoms with van der Waals surface area (Å²) in [6, 6.07) is 12.1. The molecule has 1 saturated heterocycles. The Kier molecular flexibility index (Phi) is 35.4. The second kappa shape index (κ2) is 43.9. The highest BCUT2D eigenvalue weighted by Gasteiger charge is 2.43. The van der Waals surface area contributed by atoms with Gasteiger partial charge in [-0.05, 0) is 144 Å². The molecule has 1 aliphatic rings. The van der Waals surface area contributed by atoms with E-state index in [1.54, 1.807) is 24.7 Å². The zero-order valence-electron chi connectivity index (χ0n) is 63.3. The second-order valence-electron chi connectivity index (χ2n) is 28.4. The highest BCUT2D eigenvalue weighted by Crippen LogP contribution is 2.32. The van der Waals surface area contributed by atoms with Crippen LogP contribution in [0, 0.1) is 31.0 Å². The summed E-state index contributed by atoms with van der Waals surface area (Å²) in [5, 5.41) is 73.7. The maximum Gasteiger partial charge on any atom is 0.305 e. The Morgan fingerprint density at radius 2 is 1.41 bits per heavy atom. The van der Waals surface area contributed by atoms with Crippen molar-refractivity contribution < 1.29 is 82.3 Å². The molecule has 4 aromatic carbocycles. The summed E-state index contributed by atoms with van der Waals surface area (Å²) in [5.41, 5.74) is 16.5. The molecule has 11 atom stereocenters. The van der Waals surface area contributed by atoms with Gasteiger partial charge in [-0.3, -0.25) is 52.7 Å². The number of amides is 8. The molecule has 1 fully saturated rings. The molecule has 0 bridgehead atoms. The van der Waals surface area contributed by atoms with Gasteiger partial charge < -0.3 is 83.7 Å². The van der Waals surface area contributed by atoms with Crippen molar-refractivity contribution in [3.63, 3.8) is 0 Å². The average Bonchev–Trinajstić information content (AvgIpc) is 0.804. The van der Waals surface area contributed by atoms with E-state index < -0.39 is 175 Å². The number of aliphatic hydroxyl groups is 3. The average molecular weight is 1560 g/mol. The number of rotatable bonds is 46. The molecule has 17 N–H and O–H groups in total. The highest BCUT2D eigenvalue weighted by atomic mass is 32.1. The number of primary amides is 1. The number of nitrogens with one attached hydrogen (secondary N) is 9. The number of ether oxygens (including phenoxy) is 1. The van der Waals surface area contributed by atoms with E-state index in [4.69, 9.17) is 16.2 Å². The molecule has 602 valence electrons. The number of aromatic nitrogens is 6. The number of nitrogens with zero attached hydrogens (tertiary/aromatic N) is 5. The molecule has 0 saturated carbocycles. The first-order valence-corrected chi connectivity index (χ1v) is 36.9. The number of Topliss-reactive ketones (excluding diaryl/α,β-unsaturated/α-hetero) is 2. The SMILES string of the molecule is CCc1cc(OCCCCN)ccc1-c1ccc(C[C@H](NC(=O)[C@H](CC(=O)O)NC(=O)[C@H](CO)NC(=O)[C@@H](NC(=O)[C@@](C)(CC(=O)[C@@H](NC(=O)CCC(=O)[C@H](Cc2nn[nH]n2)NC(=O)[C@H]2CCN(CCc3cnc[nH]3)C2)[C@@H](C)O)Cc2ccccc2F)[C@@H](C)O)C(=O)N[C@@H](CCCc2cc(C)cc(C)c2)C(N)=O)cc1.S. The number of benzene rings is 4. The fraction of sp³-hybridized carbons (Fsp3) is 0.494. The molecule has 0 unspecified atom stereocenters. The van der Waals surface area contributed by atoms with Crippen molar-refractivity contribution in [1.82, 2.24) is 72.7 Å². The fourth-order valence-electron chi connectivity index (χ4n) is 13.2. The van der Waals surface area contributed by atoms with E-state index in [9.17, 15) is 73.2 Å². The van der Waals surface area contributed by atoms with Crippen molar-refractivity contribution in [3.05, 3.63) is 148 Å². The van der Waals surface area contributed by atoms with Gasteiger partial charge in [-0.15, -0.1) is 10.2 Å². The Morgan fingerprint density at radius 1 is 0.730 bits per heavy atom. The van der Waals surface area contributed by atoms with Crippen LogP contribution in [0.15, 0.2) is 97.5 Å². The molecule has 1 aliphatic heterocycles. The van der Waals surface area contributed by atoms with Gasteiger partial charge in [0.15, 0.2) is 17.4 Å². The van der Waals surface area contributed by atoms with Crippen LogP contribution in [0.5, 0.6) is 5.75 Å². The lowest BCUT2D eigenvalue weighted by Crippen LogP contribution is -2.62. The number of carboxylic acids is 1. The lowest BCUT2D eigenvalue weighted by Gasteiger charge is -2.33. The van der Waals surface area contributed by atoms with Crippen molar-refractivity contribution in [2.75, 3.05) is 39.4 Å². The van der Waals surface area contributed by atoms with E-state index in [1.165, 1.54) is 32.0 Å². The van der Waals surface area contributed by atoms with Gasteiger partial charge in [0.1, 0.15) is 47.8 Å².